The smallest absolute Gasteiger partial charge is 0.226 e. The molecule has 222 valence electrons. The molecule has 1 atom stereocenters. The molecule has 3 aromatic heterocycles. The minimum atomic E-state index is -0.310. The van der Waals surface area contributed by atoms with Crippen LogP contribution in [0.3, 0.4) is 0 Å². The van der Waals surface area contributed by atoms with E-state index in [1.54, 1.807) is 7.11 Å². The number of unbranched alkanes of at least 4 members (excludes halogenated alkanes) is 3. The molecular weight excluding hydrogens is 516 g/mol. The second-order valence-corrected chi connectivity index (χ2v) is 11.5. The fourth-order valence-electron chi connectivity index (χ4n) is 5.41. The summed E-state index contributed by atoms with van der Waals surface area (Å²) in [5.41, 5.74) is 12.1. The predicted molar refractivity (Wildman–Crippen MR) is 163 cm³/mol. The summed E-state index contributed by atoms with van der Waals surface area (Å²) in [5.74, 6) is 1.28. The molecule has 1 aromatic carbocycles. The van der Waals surface area contributed by atoms with E-state index in [4.69, 9.17) is 19.2 Å². The highest BCUT2D eigenvalue weighted by molar-refractivity contribution is 5.94. The second kappa shape index (κ2) is 14.2. The summed E-state index contributed by atoms with van der Waals surface area (Å²) in [7, 11) is 3.60. The number of hydrogen-bond donors (Lipinski definition) is 3. The summed E-state index contributed by atoms with van der Waals surface area (Å²) in [6.07, 6.45) is 7.59. The van der Waals surface area contributed by atoms with Gasteiger partial charge in [0.1, 0.15) is 0 Å². The Hall–Kier alpha value is -3.11. The van der Waals surface area contributed by atoms with Gasteiger partial charge in [0, 0.05) is 61.5 Å². The Morgan fingerprint density at radius 3 is 2.68 bits per heavy atom. The van der Waals surface area contributed by atoms with E-state index in [9.17, 15) is 5.11 Å². The Labute approximate surface area is 243 Å². The van der Waals surface area contributed by atoms with Crippen molar-refractivity contribution in [3.05, 3.63) is 53.7 Å². The maximum Gasteiger partial charge on any atom is 0.226 e. The monoisotopic (exact) mass is 562 g/mol. The molecule has 0 bridgehead atoms. The molecule has 0 aliphatic rings. The third-order valence-electron chi connectivity index (χ3n) is 7.75. The van der Waals surface area contributed by atoms with Crippen LogP contribution < -0.4 is 10.9 Å². The highest BCUT2D eigenvalue weighted by Crippen LogP contribution is 2.41. The number of hydrazine groups is 1. The number of aryl methyl sites for hydroxylation is 2. The summed E-state index contributed by atoms with van der Waals surface area (Å²) < 4.78 is 13.7. The fraction of sp³-hybridized carbons (Fsp3) is 0.531. The van der Waals surface area contributed by atoms with E-state index in [0.717, 1.165) is 78.6 Å². The van der Waals surface area contributed by atoms with Crippen LogP contribution in [0, 0.1) is 5.41 Å². The average molecular weight is 563 g/mol. The molecule has 0 spiro atoms. The number of fused-ring (bicyclic) bond motifs is 1. The van der Waals surface area contributed by atoms with Crippen LogP contribution in [0.25, 0.3) is 33.5 Å². The van der Waals surface area contributed by atoms with Gasteiger partial charge in [-0.25, -0.2) is 0 Å². The lowest BCUT2D eigenvalue weighted by Gasteiger charge is -2.23. The van der Waals surface area contributed by atoms with Gasteiger partial charge in [-0.15, -0.1) is 0 Å². The van der Waals surface area contributed by atoms with E-state index >= 15 is 0 Å². The van der Waals surface area contributed by atoms with E-state index in [1.807, 2.05) is 26.2 Å². The molecule has 41 heavy (non-hydrogen) atoms. The summed E-state index contributed by atoms with van der Waals surface area (Å²) in [4.78, 5) is 9.46. The minimum Gasteiger partial charge on any atom is -0.396 e. The van der Waals surface area contributed by atoms with Crippen LogP contribution in [0.5, 0.6) is 0 Å². The lowest BCUT2D eigenvalue weighted by molar-refractivity contribution is 0.116. The Morgan fingerprint density at radius 1 is 1.15 bits per heavy atom. The first-order valence-corrected chi connectivity index (χ1v) is 14.8. The molecule has 0 radical (unpaired) electrons. The minimum absolute atomic E-state index is 0.0828. The van der Waals surface area contributed by atoms with Gasteiger partial charge in [-0.3, -0.25) is 15.8 Å². The van der Waals surface area contributed by atoms with Gasteiger partial charge in [-0.1, -0.05) is 31.8 Å². The van der Waals surface area contributed by atoms with Crippen molar-refractivity contribution in [2.45, 2.75) is 78.9 Å². The van der Waals surface area contributed by atoms with Crippen LogP contribution in [-0.4, -0.2) is 52.1 Å². The number of pyridine rings is 1. The number of rotatable bonds is 16. The number of ether oxygens (including phenoxy) is 1. The van der Waals surface area contributed by atoms with Crippen LogP contribution in [0.4, 0.5) is 0 Å². The number of methoxy groups -OCH3 is 1. The Balaban J connectivity index is 1.72. The predicted octanol–water partition coefficient (Wildman–Crippen LogP) is 5.87. The van der Waals surface area contributed by atoms with Gasteiger partial charge >= 0.3 is 0 Å². The summed E-state index contributed by atoms with van der Waals surface area (Å²) in [6.45, 7) is 10.2. The third kappa shape index (κ3) is 7.22. The molecule has 3 N–H and O–H groups in total. The summed E-state index contributed by atoms with van der Waals surface area (Å²) in [6, 6.07) is 10.5. The van der Waals surface area contributed by atoms with Crippen molar-refractivity contribution in [2.24, 2.45) is 5.41 Å². The van der Waals surface area contributed by atoms with E-state index in [-0.39, 0.29) is 18.1 Å². The normalized spacial score (nSPS) is 12.9. The zero-order valence-electron chi connectivity index (χ0n) is 25.5. The summed E-state index contributed by atoms with van der Waals surface area (Å²) in [5, 5.41) is 15.7. The Kier molecular flexibility index (Phi) is 10.7. The molecule has 4 aromatic rings. The molecule has 1 unspecified atom stereocenters. The number of hydrogen-bond acceptors (Lipinski definition) is 8. The SMILES string of the molecule is CCn1c(-c2cccnc2C(C)OC)c(CC(C)(C)CO)c2cc(-c3noc(CCCCCCNNC)n3)ccc21. The van der Waals surface area contributed by atoms with Crippen molar-refractivity contribution in [1.29, 1.82) is 0 Å². The largest absolute Gasteiger partial charge is 0.396 e. The van der Waals surface area contributed by atoms with Crippen molar-refractivity contribution >= 4 is 10.9 Å². The van der Waals surface area contributed by atoms with Crippen molar-refractivity contribution in [2.75, 3.05) is 27.3 Å². The molecule has 0 aliphatic carbocycles. The highest BCUT2D eigenvalue weighted by atomic mass is 16.5. The average Bonchev–Trinajstić information content (AvgIpc) is 3.58. The molecule has 3 heterocycles. The second-order valence-electron chi connectivity index (χ2n) is 11.5. The van der Waals surface area contributed by atoms with E-state index in [2.05, 4.69) is 65.6 Å². The van der Waals surface area contributed by atoms with Crippen LogP contribution in [-0.2, 0) is 24.1 Å². The van der Waals surface area contributed by atoms with Gasteiger partial charge in [-0.05, 0) is 81.5 Å². The van der Waals surface area contributed by atoms with Crippen molar-refractivity contribution < 1.29 is 14.4 Å². The number of benzene rings is 1. The van der Waals surface area contributed by atoms with E-state index in [1.165, 1.54) is 5.56 Å². The quantitative estimate of drug-likeness (QED) is 0.115. The van der Waals surface area contributed by atoms with Gasteiger partial charge in [-0.2, -0.15) is 4.98 Å². The van der Waals surface area contributed by atoms with Crippen LogP contribution in [0.15, 0.2) is 41.1 Å². The van der Waals surface area contributed by atoms with Crippen LogP contribution in [0.1, 0.15) is 76.6 Å². The van der Waals surface area contributed by atoms with Crippen molar-refractivity contribution in [1.82, 2.24) is 30.5 Å². The van der Waals surface area contributed by atoms with Gasteiger partial charge in [0.2, 0.25) is 11.7 Å². The zero-order chi connectivity index (χ0) is 29.4. The van der Waals surface area contributed by atoms with Crippen molar-refractivity contribution in [3.8, 4) is 22.6 Å². The standard InChI is InChI=1S/C32H46N6O3/c1-7-38-27-16-15-23(31-36-28(41-37-31)14-10-8-9-11-18-35-33-5)19-25(27)26(20-32(3,4)21-39)30(38)24-13-12-17-34-29(24)22(2)40-6/h12-13,15-17,19,22,33,35,39H,7-11,14,18,20-21H2,1-6H3. The molecule has 9 heteroatoms. The maximum absolute atomic E-state index is 10.2. The number of aromatic nitrogens is 4. The number of aliphatic hydroxyl groups excluding tert-OH is 1. The number of nitrogens with zero attached hydrogens (tertiary/aromatic N) is 4. The lowest BCUT2D eigenvalue weighted by Crippen LogP contribution is -2.28. The van der Waals surface area contributed by atoms with Gasteiger partial charge in [0.15, 0.2) is 0 Å². The maximum atomic E-state index is 10.2. The summed E-state index contributed by atoms with van der Waals surface area (Å²) >= 11 is 0. The molecule has 4 rings (SSSR count). The first-order valence-electron chi connectivity index (χ1n) is 14.8. The van der Waals surface area contributed by atoms with E-state index < -0.39 is 0 Å². The lowest BCUT2D eigenvalue weighted by atomic mass is 9.84. The topological polar surface area (TPSA) is 110 Å². The van der Waals surface area contributed by atoms with Crippen LogP contribution >= 0.6 is 0 Å². The molecular formula is C32H46N6O3. The fourth-order valence-corrected chi connectivity index (χ4v) is 5.41. The van der Waals surface area contributed by atoms with Crippen LogP contribution in [0.2, 0.25) is 0 Å². The number of aliphatic hydroxyl groups is 1. The molecule has 0 saturated heterocycles. The first-order chi connectivity index (χ1) is 19.8. The zero-order valence-corrected chi connectivity index (χ0v) is 25.5. The van der Waals surface area contributed by atoms with Gasteiger partial charge in [0.25, 0.3) is 0 Å². The Bertz CT molecular complexity index is 1410. The molecule has 0 fully saturated rings. The Morgan fingerprint density at radius 2 is 1.95 bits per heavy atom. The molecule has 0 saturated carbocycles. The van der Waals surface area contributed by atoms with Crippen molar-refractivity contribution in [3.63, 3.8) is 0 Å². The van der Waals surface area contributed by atoms with Gasteiger partial charge < -0.3 is 18.9 Å². The first kappa shape index (κ1) is 30.8. The van der Waals surface area contributed by atoms with E-state index in [0.29, 0.717) is 18.1 Å². The highest BCUT2D eigenvalue weighted by Gasteiger charge is 2.28. The molecule has 0 aliphatic heterocycles. The van der Waals surface area contributed by atoms with Gasteiger partial charge in [0.05, 0.1) is 17.5 Å². The number of nitrogens with one attached hydrogen (secondary N) is 2. The third-order valence-corrected chi connectivity index (χ3v) is 7.75. The molecule has 0 amide bonds. The molecule has 9 nitrogen and oxygen atoms in total.